The average molecular weight is 540 g/mol. The van der Waals surface area contributed by atoms with Crippen molar-refractivity contribution >= 4 is 51.3 Å². The van der Waals surface area contributed by atoms with Gasteiger partial charge in [-0.1, -0.05) is 24.1 Å². The zero-order valence-electron chi connectivity index (χ0n) is 20.0. The number of hydrogen-bond donors (Lipinski definition) is 2. The van der Waals surface area contributed by atoms with Crippen LogP contribution in [0.4, 0.5) is 11.5 Å². The van der Waals surface area contributed by atoms with Crippen LogP contribution in [0.3, 0.4) is 0 Å². The lowest BCUT2D eigenvalue weighted by Crippen LogP contribution is -2.45. The van der Waals surface area contributed by atoms with E-state index in [0.29, 0.717) is 35.6 Å². The van der Waals surface area contributed by atoms with Gasteiger partial charge in [-0.05, 0) is 49.7 Å². The Morgan fingerprint density at radius 2 is 2.08 bits per heavy atom. The van der Waals surface area contributed by atoms with Crippen molar-refractivity contribution in [3.8, 4) is 11.5 Å². The van der Waals surface area contributed by atoms with Crippen LogP contribution in [0.5, 0.6) is 11.5 Å². The molecule has 0 amide bonds. The zero-order valence-corrected chi connectivity index (χ0v) is 21.5. The summed E-state index contributed by atoms with van der Waals surface area (Å²) < 4.78 is 12.0. The fourth-order valence-corrected chi connectivity index (χ4v) is 5.18. The Hall–Kier alpha value is -3.47. The number of hydrogen-bond acceptors (Lipinski definition) is 9. The largest absolute Gasteiger partial charge is 0.491 e. The highest BCUT2D eigenvalue weighted by atomic mass is 35.5. The summed E-state index contributed by atoms with van der Waals surface area (Å²) in [6.45, 7) is 1.51. The molecule has 9 nitrogen and oxygen atoms in total. The molecule has 37 heavy (non-hydrogen) atoms. The van der Waals surface area contributed by atoms with E-state index >= 15 is 0 Å². The number of ether oxygens (including phenoxy) is 2. The summed E-state index contributed by atoms with van der Waals surface area (Å²) in [5, 5.41) is 15.7. The molecule has 1 atom stereocenters. The van der Waals surface area contributed by atoms with Crippen LogP contribution < -0.4 is 14.8 Å². The fourth-order valence-electron chi connectivity index (χ4n) is 4.40. The van der Waals surface area contributed by atoms with Crippen LogP contribution in [0.25, 0.3) is 10.9 Å². The zero-order chi connectivity index (χ0) is 25.6. The Balaban J connectivity index is 1.33. The number of benzene rings is 2. The van der Waals surface area contributed by atoms with Gasteiger partial charge in [0, 0.05) is 17.1 Å². The summed E-state index contributed by atoms with van der Waals surface area (Å²) in [4.78, 5) is 26.3. The number of carbonyl (C=O) groups is 1. The fraction of sp³-hybridized carbons (Fsp3) is 0.308. The van der Waals surface area contributed by atoms with Crippen LogP contribution in [0.2, 0.25) is 5.02 Å². The minimum Gasteiger partial charge on any atom is -0.491 e. The maximum absolute atomic E-state index is 11.3. The molecule has 1 aliphatic heterocycles. The van der Waals surface area contributed by atoms with E-state index < -0.39 is 5.97 Å². The monoisotopic (exact) mass is 539 g/mol. The number of nitrogens with zero attached hydrogens (tertiary/aromatic N) is 4. The predicted octanol–water partition coefficient (Wildman–Crippen LogP) is 5.38. The Bertz CT molecular complexity index is 1370. The summed E-state index contributed by atoms with van der Waals surface area (Å²) in [5.41, 5.74) is 4.08. The van der Waals surface area contributed by atoms with Gasteiger partial charge in [-0.2, -0.15) is 0 Å². The van der Waals surface area contributed by atoms with Crippen molar-refractivity contribution in [2.24, 2.45) is 0 Å². The van der Waals surface area contributed by atoms with Crippen molar-refractivity contribution in [2.45, 2.75) is 31.9 Å². The topological polar surface area (TPSA) is 110 Å². The van der Waals surface area contributed by atoms with Crippen molar-refractivity contribution in [3.63, 3.8) is 0 Å². The number of carboxylic acid groups (broad SMARTS) is 1. The molecular formula is C26H26ClN5O4S. The number of fused-ring (bicyclic) bond motifs is 1. The van der Waals surface area contributed by atoms with Crippen LogP contribution in [-0.2, 0) is 11.4 Å². The van der Waals surface area contributed by atoms with E-state index in [9.17, 15) is 9.90 Å². The van der Waals surface area contributed by atoms with E-state index in [1.807, 2.05) is 34.5 Å². The van der Waals surface area contributed by atoms with Crippen molar-refractivity contribution in [2.75, 3.05) is 25.0 Å². The van der Waals surface area contributed by atoms with E-state index in [2.05, 4.69) is 20.3 Å². The average Bonchev–Trinajstić information content (AvgIpc) is 3.41. The summed E-state index contributed by atoms with van der Waals surface area (Å²) in [5.74, 6) is 0.958. The molecule has 4 aromatic rings. The van der Waals surface area contributed by atoms with E-state index in [1.165, 1.54) is 17.7 Å². The number of likely N-dealkylation sites (tertiary alicyclic amines) is 1. The second-order valence-corrected chi connectivity index (χ2v) is 9.86. The van der Waals surface area contributed by atoms with Gasteiger partial charge >= 0.3 is 5.97 Å². The van der Waals surface area contributed by atoms with Gasteiger partial charge in [0.2, 0.25) is 0 Å². The first-order valence-electron chi connectivity index (χ1n) is 12.0. The summed E-state index contributed by atoms with van der Waals surface area (Å²) in [6.07, 6.45) is 4.45. The molecule has 1 saturated heterocycles. The minimum absolute atomic E-state index is 0.0176. The third-order valence-electron chi connectivity index (χ3n) is 6.20. The van der Waals surface area contributed by atoms with Gasteiger partial charge in [-0.25, -0.2) is 15.0 Å². The summed E-state index contributed by atoms with van der Waals surface area (Å²) in [7, 11) is 0. The molecule has 2 N–H and O–H groups in total. The highest BCUT2D eigenvalue weighted by molar-refractivity contribution is 7.07. The highest BCUT2D eigenvalue weighted by Crippen LogP contribution is 2.34. The Kier molecular flexibility index (Phi) is 7.98. The molecule has 1 fully saturated rings. The number of piperidine rings is 1. The first-order valence-corrected chi connectivity index (χ1v) is 13.3. The van der Waals surface area contributed by atoms with Gasteiger partial charge < -0.3 is 19.9 Å². The SMILES string of the molecule is O=C(O)CN1CCCC[C@@H]1COc1cccc2ncnc(Nc3ccc(OCc4cscn4)c(Cl)c3)c12. The Morgan fingerprint density at radius 1 is 1.16 bits per heavy atom. The van der Waals surface area contributed by atoms with Gasteiger partial charge in [-0.15, -0.1) is 11.3 Å². The van der Waals surface area contributed by atoms with Gasteiger partial charge in [0.15, 0.2) is 0 Å². The molecule has 11 heteroatoms. The molecule has 3 heterocycles. The molecule has 0 bridgehead atoms. The summed E-state index contributed by atoms with van der Waals surface area (Å²) >= 11 is 8.00. The van der Waals surface area contributed by atoms with Crippen LogP contribution in [0.1, 0.15) is 25.0 Å². The van der Waals surface area contributed by atoms with E-state index in [0.717, 1.165) is 48.1 Å². The van der Waals surface area contributed by atoms with E-state index in [-0.39, 0.29) is 12.6 Å². The van der Waals surface area contributed by atoms with Crippen molar-refractivity contribution in [3.05, 3.63) is 64.3 Å². The maximum atomic E-state index is 11.3. The second-order valence-electron chi connectivity index (χ2n) is 8.74. The number of rotatable bonds is 10. The molecule has 2 aromatic carbocycles. The van der Waals surface area contributed by atoms with Gasteiger partial charge in [0.25, 0.3) is 0 Å². The van der Waals surface area contributed by atoms with Crippen LogP contribution in [0, 0.1) is 0 Å². The van der Waals surface area contributed by atoms with E-state index in [1.54, 1.807) is 17.6 Å². The number of aromatic nitrogens is 3. The molecule has 0 spiro atoms. The highest BCUT2D eigenvalue weighted by Gasteiger charge is 2.25. The standard InChI is InChI=1S/C26H26ClN5O4S/c27-20-10-17(7-8-22(20)35-12-18-14-37-16-30-18)31-26-25-21(28-15-29-26)5-3-6-23(25)36-13-19-4-1-2-9-32(19)11-24(33)34/h3,5-8,10,14-16,19H,1-2,4,9,11-13H2,(H,33,34)(H,28,29,31)/t19-/m1/s1. The van der Waals surface area contributed by atoms with Crippen LogP contribution in [-0.4, -0.2) is 56.7 Å². The van der Waals surface area contributed by atoms with Crippen molar-refractivity contribution < 1.29 is 19.4 Å². The molecular weight excluding hydrogens is 514 g/mol. The normalized spacial score (nSPS) is 16.0. The quantitative estimate of drug-likeness (QED) is 0.274. The molecule has 0 aliphatic carbocycles. The summed E-state index contributed by atoms with van der Waals surface area (Å²) in [6, 6.07) is 11.1. The Labute approximate surface area is 223 Å². The third-order valence-corrected chi connectivity index (χ3v) is 7.13. The third kappa shape index (κ3) is 6.27. The molecule has 0 radical (unpaired) electrons. The smallest absolute Gasteiger partial charge is 0.317 e. The minimum atomic E-state index is -0.824. The van der Waals surface area contributed by atoms with E-state index in [4.69, 9.17) is 21.1 Å². The second kappa shape index (κ2) is 11.7. The first-order chi connectivity index (χ1) is 18.1. The molecule has 0 saturated carbocycles. The molecule has 192 valence electrons. The molecule has 5 rings (SSSR count). The van der Waals surface area contributed by atoms with Crippen LogP contribution in [0.15, 0.2) is 53.6 Å². The lowest BCUT2D eigenvalue weighted by molar-refractivity contribution is -0.139. The number of carboxylic acids is 1. The number of aliphatic carboxylic acids is 1. The lowest BCUT2D eigenvalue weighted by Gasteiger charge is -2.34. The molecule has 2 aromatic heterocycles. The number of nitrogens with one attached hydrogen (secondary N) is 1. The van der Waals surface area contributed by atoms with Gasteiger partial charge in [-0.3, -0.25) is 9.69 Å². The van der Waals surface area contributed by atoms with Crippen molar-refractivity contribution in [1.29, 1.82) is 0 Å². The lowest BCUT2D eigenvalue weighted by atomic mass is 10.0. The maximum Gasteiger partial charge on any atom is 0.317 e. The molecule has 1 aliphatic rings. The first kappa shape index (κ1) is 25.2. The number of anilines is 2. The number of halogens is 1. The van der Waals surface area contributed by atoms with Gasteiger partial charge in [0.1, 0.15) is 36.9 Å². The van der Waals surface area contributed by atoms with Crippen LogP contribution >= 0.6 is 22.9 Å². The van der Waals surface area contributed by atoms with Crippen molar-refractivity contribution in [1.82, 2.24) is 19.9 Å². The molecule has 0 unspecified atom stereocenters. The predicted molar refractivity (Wildman–Crippen MR) is 143 cm³/mol. The Morgan fingerprint density at radius 3 is 2.89 bits per heavy atom. The number of thiazole rings is 1. The van der Waals surface area contributed by atoms with Gasteiger partial charge in [0.05, 0.1) is 33.7 Å².